The van der Waals surface area contributed by atoms with Crippen LogP contribution in [0.1, 0.15) is 10.5 Å². The van der Waals surface area contributed by atoms with Crippen LogP contribution in [0.3, 0.4) is 0 Å². The molecule has 0 aliphatic carbocycles. The molecule has 0 atom stereocenters. The van der Waals surface area contributed by atoms with E-state index in [4.69, 9.17) is 0 Å². The normalized spacial score (nSPS) is 16.0. The van der Waals surface area contributed by atoms with Crippen molar-refractivity contribution < 1.29 is 17.6 Å². The number of halogens is 1. The standard InChI is InChI=1S/C18H17FN4O3S/c19-13-5-7-14(8-6-13)27(25,26)23-11-9-22(10-12-23)18(24)17-15-3-1-2-4-16(15)20-21-17/h1-8H,9-12H2,(H,20,21). The molecule has 9 heteroatoms. The molecule has 1 aliphatic heterocycles. The number of nitrogens with zero attached hydrogens (tertiary/aromatic N) is 3. The van der Waals surface area contributed by atoms with E-state index in [0.717, 1.165) is 23.0 Å². The second-order valence-electron chi connectivity index (χ2n) is 6.27. The summed E-state index contributed by atoms with van der Waals surface area (Å²) < 4.78 is 39.7. The Bertz CT molecular complexity index is 1090. The van der Waals surface area contributed by atoms with Crippen LogP contribution in [-0.4, -0.2) is 59.9 Å². The quantitative estimate of drug-likeness (QED) is 0.742. The Morgan fingerprint density at radius 3 is 2.37 bits per heavy atom. The number of carbonyl (C=O) groups is 1. The van der Waals surface area contributed by atoms with Gasteiger partial charge in [0.05, 0.1) is 10.4 Å². The van der Waals surface area contributed by atoms with Crippen LogP contribution in [0.2, 0.25) is 0 Å². The maximum atomic E-state index is 13.0. The predicted octanol–water partition coefficient (Wildman–Crippen LogP) is 1.85. The zero-order chi connectivity index (χ0) is 19.0. The Hall–Kier alpha value is -2.78. The van der Waals surface area contributed by atoms with Gasteiger partial charge in [-0.2, -0.15) is 9.40 Å². The highest BCUT2D eigenvalue weighted by atomic mass is 32.2. The van der Waals surface area contributed by atoms with Gasteiger partial charge < -0.3 is 4.90 Å². The van der Waals surface area contributed by atoms with Gasteiger partial charge in [-0.3, -0.25) is 9.89 Å². The van der Waals surface area contributed by atoms with E-state index in [1.807, 2.05) is 24.3 Å². The molecule has 1 saturated heterocycles. The first-order valence-corrected chi connectivity index (χ1v) is 9.89. The Labute approximate surface area is 155 Å². The molecular formula is C18H17FN4O3S. The Morgan fingerprint density at radius 1 is 1.00 bits per heavy atom. The molecule has 1 aromatic heterocycles. The number of para-hydroxylation sites is 1. The molecule has 1 N–H and O–H groups in total. The number of carbonyl (C=O) groups excluding carboxylic acids is 1. The van der Waals surface area contributed by atoms with Crippen molar-refractivity contribution in [2.45, 2.75) is 4.90 Å². The summed E-state index contributed by atoms with van der Waals surface area (Å²) in [4.78, 5) is 14.4. The SMILES string of the molecule is O=C(c1n[nH]c2ccccc12)N1CCN(S(=O)(=O)c2ccc(F)cc2)CC1. The Balaban J connectivity index is 1.48. The van der Waals surface area contributed by atoms with Crippen LogP contribution in [0.5, 0.6) is 0 Å². The van der Waals surface area contributed by atoms with E-state index in [-0.39, 0.29) is 37.0 Å². The molecule has 1 fully saturated rings. The van der Waals surface area contributed by atoms with Crippen LogP contribution < -0.4 is 0 Å². The van der Waals surface area contributed by atoms with E-state index in [2.05, 4.69) is 10.2 Å². The molecule has 140 valence electrons. The molecule has 0 bridgehead atoms. The van der Waals surface area contributed by atoms with Gasteiger partial charge in [0, 0.05) is 31.6 Å². The Kier molecular flexibility index (Phi) is 4.40. The lowest BCUT2D eigenvalue weighted by atomic mass is 10.2. The zero-order valence-electron chi connectivity index (χ0n) is 14.3. The average Bonchev–Trinajstić information content (AvgIpc) is 3.12. The molecule has 0 unspecified atom stereocenters. The fraction of sp³-hybridized carbons (Fsp3) is 0.222. The summed E-state index contributed by atoms with van der Waals surface area (Å²) in [5, 5.41) is 7.68. The fourth-order valence-corrected chi connectivity index (χ4v) is 4.59. The number of H-pyrrole nitrogens is 1. The maximum Gasteiger partial charge on any atom is 0.275 e. The predicted molar refractivity (Wildman–Crippen MR) is 97.2 cm³/mol. The first-order valence-electron chi connectivity index (χ1n) is 8.45. The minimum atomic E-state index is -3.71. The number of nitrogens with one attached hydrogen (secondary N) is 1. The number of benzene rings is 2. The minimum Gasteiger partial charge on any atom is -0.335 e. The summed E-state index contributed by atoms with van der Waals surface area (Å²) in [5.74, 6) is -0.720. The van der Waals surface area contributed by atoms with Crippen molar-refractivity contribution in [1.29, 1.82) is 0 Å². The molecule has 0 spiro atoms. The lowest BCUT2D eigenvalue weighted by Crippen LogP contribution is -2.50. The number of piperazine rings is 1. The third kappa shape index (κ3) is 3.19. The van der Waals surface area contributed by atoms with Crippen LogP contribution in [0.25, 0.3) is 10.9 Å². The topological polar surface area (TPSA) is 86.4 Å². The molecule has 27 heavy (non-hydrogen) atoms. The summed E-state index contributed by atoms with van der Waals surface area (Å²) in [7, 11) is -3.71. The van der Waals surface area contributed by atoms with Gasteiger partial charge in [-0.15, -0.1) is 0 Å². The smallest absolute Gasteiger partial charge is 0.275 e. The van der Waals surface area contributed by atoms with Crippen LogP contribution in [-0.2, 0) is 10.0 Å². The summed E-state index contributed by atoms with van der Waals surface area (Å²) in [6.45, 7) is 0.877. The van der Waals surface area contributed by atoms with E-state index < -0.39 is 15.8 Å². The van der Waals surface area contributed by atoms with E-state index in [9.17, 15) is 17.6 Å². The molecule has 2 aromatic carbocycles. The molecule has 3 aromatic rings. The van der Waals surface area contributed by atoms with Crippen molar-refractivity contribution in [2.75, 3.05) is 26.2 Å². The third-order valence-electron chi connectivity index (χ3n) is 4.65. The van der Waals surface area contributed by atoms with Gasteiger partial charge in [0.2, 0.25) is 10.0 Å². The van der Waals surface area contributed by atoms with Crippen LogP contribution >= 0.6 is 0 Å². The average molecular weight is 388 g/mol. The molecule has 7 nitrogen and oxygen atoms in total. The second kappa shape index (κ2) is 6.75. The minimum absolute atomic E-state index is 0.0435. The molecule has 1 aliphatic rings. The first-order chi connectivity index (χ1) is 13.0. The van der Waals surface area contributed by atoms with E-state index in [0.29, 0.717) is 5.69 Å². The van der Waals surface area contributed by atoms with E-state index in [1.165, 1.54) is 16.4 Å². The van der Waals surface area contributed by atoms with Crippen molar-refractivity contribution in [3.05, 3.63) is 60.0 Å². The summed E-state index contributed by atoms with van der Waals surface area (Å²) in [6.07, 6.45) is 0. The summed E-state index contributed by atoms with van der Waals surface area (Å²) in [6, 6.07) is 12.1. The van der Waals surface area contributed by atoms with E-state index >= 15 is 0 Å². The molecule has 2 heterocycles. The van der Waals surface area contributed by atoms with Gasteiger partial charge >= 0.3 is 0 Å². The van der Waals surface area contributed by atoms with Crippen molar-refractivity contribution in [3.8, 4) is 0 Å². The van der Waals surface area contributed by atoms with Gasteiger partial charge in [-0.25, -0.2) is 12.8 Å². The van der Waals surface area contributed by atoms with Crippen LogP contribution in [0.15, 0.2) is 53.4 Å². The lowest BCUT2D eigenvalue weighted by Gasteiger charge is -2.33. The van der Waals surface area contributed by atoms with Crippen molar-refractivity contribution in [3.63, 3.8) is 0 Å². The zero-order valence-corrected chi connectivity index (χ0v) is 15.1. The van der Waals surface area contributed by atoms with Gasteiger partial charge in [0.1, 0.15) is 5.82 Å². The molecule has 4 rings (SSSR count). The van der Waals surface area contributed by atoms with Crippen LogP contribution in [0.4, 0.5) is 4.39 Å². The monoisotopic (exact) mass is 388 g/mol. The fourth-order valence-electron chi connectivity index (χ4n) is 3.16. The highest BCUT2D eigenvalue weighted by Crippen LogP contribution is 2.21. The van der Waals surface area contributed by atoms with Crippen molar-refractivity contribution >= 4 is 26.8 Å². The maximum absolute atomic E-state index is 13.0. The molecular weight excluding hydrogens is 371 g/mol. The number of fused-ring (bicyclic) bond motifs is 1. The van der Waals surface area contributed by atoms with Gasteiger partial charge in [0.25, 0.3) is 5.91 Å². The number of aromatic nitrogens is 2. The third-order valence-corrected chi connectivity index (χ3v) is 6.56. The number of hydrogen-bond acceptors (Lipinski definition) is 4. The first kappa shape index (κ1) is 17.6. The van der Waals surface area contributed by atoms with E-state index in [1.54, 1.807) is 4.90 Å². The molecule has 1 amide bonds. The Morgan fingerprint density at radius 2 is 1.67 bits per heavy atom. The number of sulfonamides is 1. The van der Waals surface area contributed by atoms with Gasteiger partial charge in [0.15, 0.2) is 5.69 Å². The highest BCUT2D eigenvalue weighted by molar-refractivity contribution is 7.89. The number of rotatable bonds is 3. The van der Waals surface area contributed by atoms with Crippen molar-refractivity contribution in [1.82, 2.24) is 19.4 Å². The largest absolute Gasteiger partial charge is 0.335 e. The second-order valence-corrected chi connectivity index (χ2v) is 8.21. The van der Waals surface area contributed by atoms with Crippen LogP contribution in [0, 0.1) is 5.82 Å². The molecule has 0 saturated carbocycles. The lowest BCUT2D eigenvalue weighted by molar-refractivity contribution is 0.0694. The summed E-state index contributed by atoms with van der Waals surface area (Å²) in [5.41, 5.74) is 1.11. The van der Waals surface area contributed by atoms with Gasteiger partial charge in [-0.05, 0) is 30.3 Å². The van der Waals surface area contributed by atoms with Crippen molar-refractivity contribution in [2.24, 2.45) is 0 Å². The number of aromatic amines is 1. The summed E-state index contributed by atoms with van der Waals surface area (Å²) >= 11 is 0. The number of hydrogen-bond donors (Lipinski definition) is 1. The molecule has 0 radical (unpaired) electrons. The number of amides is 1. The highest BCUT2D eigenvalue weighted by Gasteiger charge is 2.31. The van der Waals surface area contributed by atoms with Gasteiger partial charge in [-0.1, -0.05) is 18.2 Å².